The predicted octanol–water partition coefficient (Wildman–Crippen LogP) is 6.68. The molecule has 3 heterocycles. The third-order valence-electron chi connectivity index (χ3n) is 6.40. The van der Waals surface area contributed by atoms with Gasteiger partial charge in [0.25, 0.3) is 9.84 Å². The summed E-state index contributed by atoms with van der Waals surface area (Å²) in [7, 11) is -5.52. The molecule has 0 saturated heterocycles. The number of nitrogens with one attached hydrogen (secondary N) is 1. The van der Waals surface area contributed by atoms with Crippen LogP contribution in [0.4, 0.5) is 43.7 Å². The molecule has 1 aliphatic rings. The summed E-state index contributed by atoms with van der Waals surface area (Å²) >= 11 is 1.26. The Labute approximate surface area is 240 Å². The van der Waals surface area contributed by atoms with E-state index >= 15 is 0 Å². The van der Waals surface area contributed by atoms with E-state index < -0.39 is 32.0 Å². The van der Waals surface area contributed by atoms with E-state index in [1.807, 2.05) is 30.3 Å². The number of hydrogen-bond donors (Lipinski definition) is 1. The fourth-order valence-corrected chi connectivity index (χ4v) is 5.95. The van der Waals surface area contributed by atoms with E-state index in [0.717, 1.165) is 23.1 Å². The molecule has 0 aliphatic carbocycles. The first-order valence-corrected chi connectivity index (χ1v) is 14.7. The summed E-state index contributed by atoms with van der Waals surface area (Å²) < 4.78 is 104. The lowest BCUT2D eigenvalue weighted by Gasteiger charge is -2.24. The van der Waals surface area contributed by atoms with Gasteiger partial charge in [-0.3, -0.25) is 0 Å². The van der Waals surface area contributed by atoms with Crippen LogP contribution in [0.25, 0.3) is 0 Å². The van der Waals surface area contributed by atoms with E-state index in [0.29, 0.717) is 22.2 Å². The number of fused-ring (bicyclic) bond motifs is 1. The molecule has 5 rings (SSSR count). The second-order valence-electron chi connectivity index (χ2n) is 9.15. The summed E-state index contributed by atoms with van der Waals surface area (Å²) in [6.07, 6.45) is -2.79. The molecule has 15 heteroatoms. The number of benzene rings is 2. The maximum absolute atomic E-state index is 13.7. The molecule has 0 spiro atoms. The molecule has 0 unspecified atom stereocenters. The summed E-state index contributed by atoms with van der Waals surface area (Å²) in [5.41, 5.74) is -4.82. The SMILES string of the molecule is O=S(=O)(c1ccc(Nc2nc(Sc3ccccc3)nc3c2CCN(c2ncccc2C(F)(F)F)CC3)cc1)C(F)(F)F. The molecular formula is C27H21F6N5O2S2. The van der Waals surface area contributed by atoms with Crippen molar-refractivity contribution in [1.29, 1.82) is 0 Å². The minimum absolute atomic E-state index is 0.166. The van der Waals surface area contributed by atoms with Gasteiger partial charge in [-0.25, -0.2) is 23.4 Å². The first kappa shape index (κ1) is 29.6. The van der Waals surface area contributed by atoms with Crippen LogP contribution in [-0.4, -0.2) is 42.0 Å². The summed E-state index contributed by atoms with van der Waals surface area (Å²) in [5.74, 6) is 0.115. The number of halogens is 6. The zero-order chi connectivity index (χ0) is 30.1. The van der Waals surface area contributed by atoms with Crippen molar-refractivity contribution in [3.05, 3.63) is 89.7 Å². The first-order valence-electron chi connectivity index (χ1n) is 12.4. The van der Waals surface area contributed by atoms with Gasteiger partial charge in [0, 0.05) is 41.9 Å². The normalized spacial score (nSPS) is 14.3. The minimum atomic E-state index is -5.52. The summed E-state index contributed by atoms with van der Waals surface area (Å²) in [5, 5.41) is 3.39. The molecule has 0 saturated carbocycles. The van der Waals surface area contributed by atoms with Crippen LogP contribution in [0.1, 0.15) is 16.8 Å². The highest BCUT2D eigenvalue weighted by molar-refractivity contribution is 7.99. The maximum Gasteiger partial charge on any atom is 0.501 e. The van der Waals surface area contributed by atoms with Gasteiger partial charge in [0.15, 0.2) is 5.16 Å². The molecule has 220 valence electrons. The van der Waals surface area contributed by atoms with E-state index in [2.05, 4.69) is 20.3 Å². The Hall–Kier alpha value is -3.85. The number of nitrogens with zero attached hydrogens (tertiary/aromatic N) is 4. The van der Waals surface area contributed by atoms with Gasteiger partial charge in [-0.15, -0.1) is 0 Å². The van der Waals surface area contributed by atoms with E-state index in [1.165, 1.54) is 41.1 Å². The number of rotatable bonds is 6. The van der Waals surface area contributed by atoms with E-state index in [9.17, 15) is 34.8 Å². The molecule has 0 radical (unpaired) electrons. The molecule has 4 aromatic rings. The number of aromatic nitrogens is 3. The number of pyridine rings is 1. The van der Waals surface area contributed by atoms with Gasteiger partial charge in [0.2, 0.25) is 0 Å². The van der Waals surface area contributed by atoms with Crippen LogP contribution >= 0.6 is 11.8 Å². The molecule has 0 fully saturated rings. The van der Waals surface area contributed by atoms with Crippen LogP contribution < -0.4 is 10.2 Å². The van der Waals surface area contributed by atoms with Crippen LogP contribution in [0.15, 0.2) is 87.9 Å². The van der Waals surface area contributed by atoms with Crippen LogP contribution in [0.3, 0.4) is 0 Å². The zero-order valence-corrected chi connectivity index (χ0v) is 23.1. The van der Waals surface area contributed by atoms with Gasteiger partial charge < -0.3 is 10.2 Å². The lowest BCUT2D eigenvalue weighted by molar-refractivity contribution is -0.137. The fourth-order valence-electron chi connectivity index (χ4n) is 4.39. The van der Waals surface area contributed by atoms with Crippen LogP contribution in [0, 0.1) is 0 Å². The molecule has 2 aromatic heterocycles. The van der Waals surface area contributed by atoms with Gasteiger partial charge in [-0.1, -0.05) is 18.2 Å². The van der Waals surface area contributed by atoms with Crippen molar-refractivity contribution in [3.8, 4) is 0 Å². The van der Waals surface area contributed by atoms with Gasteiger partial charge in [0.05, 0.1) is 16.2 Å². The number of anilines is 3. The molecule has 1 N–H and O–H groups in total. The van der Waals surface area contributed by atoms with Crippen molar-refractivity contribution < 1.29 is 34.8 Å². The monoisotopic (exact) mass is 625 g/mol. The smallest absolute Gasteiger partial charge is 0.355 e. The van der Waals surface area contributed by atoms with Gasteiger partial charge >= 0.3 is 11.7 Å². The molecule has 0 bridgehead atoms. The molecule has 0 amide bonds. The highest BCUT2D eigenvalue weighted by Crippen LogP contribution is 2.37. The molecule has 0 atom stereocenters. The first-order chi connectivity index (χ1) is 19.8. The average molecular weight is 626 g/mol. The van der Waals surface area contributed by atoms with Crippen molar-refractivity contribution in [2.24, 2.45) is 0 Å². The topological polar surface area (TPSA) is 88.1 Å². The maximum atomic E-state index is 13.7. The van der Waals surface area contributed by atoms with Gasteiger partial charge in [-0.05, 0) is 66.7 Å². The summed E-state index contributed by atoms with van der Waals surface area (Å²) in [4.78, 5) is 14.8. The van der Waals surface area contributed by atoms with Crippen molar-refractivity contribution >= 4 is 38.9 Å². The molecule has 1 aliphatic heterocycles. The predicted molar refractivity (Wildman–Crippen MR) is 144 cm³/mol. The Morgan fingerprint density at radius 3 is 2.19 bits per heavy atom. The standard InChI is InChI=1S/C27H21F6N5O2S2/c28-26(29,30)21-7-4-14-34-24(21)38-15-12-20-22(13-16-38)36-25(41-18-5-2-1-3-6-18)37-23(20)35-17-8-10-19(11-9-17)42(39,40)27(31,32)33/h1-11,14H,12-13,15-16H2,(H,35,36,37). The van der Waals surface area contributed by atoms with Crippen molar-refractivity contribution in [2.75, 3.05) is 23.3 Å². The van der Waals surface area contributed by atoms with Crippen molar-refractivity contribution in [2.45, 2.75) is 39.5 Å². The molecule has 2 aromatic carbocycles. The number of hydrogen-bond acceptors (Lipinski definition) is 8. The largest absolute Gasteiger partial charge is 0.501 e. The lowest BCUT2D eigenvalue weighted by Crippen LogP contribution is -2.29. The highest BCUT2D eigenvalue weighted by atomic mass is 32.2. The van der Waals surface area contributed by atoms with Gasteiger partial charge in [-0.2, -0.15) is 26.3 Å². The van der Waals surface area contributed by atoms with Crippen LogP contribution in [0.5, 0.6) is 0 Å². The molecule has 42 heavy (non-hydrogen) atoms. The molecular weight excluding hydrogens is 604 g/mol. The fraction of sp³-hybridized carbons (Fsp3) is 0.222. The Morgan fingerprint density at radius 2 is 1.52 bits per heavy atom. The second kappa shape index (κ2) is 11.4. The summed E-state index contributed by atoms with van der Waals surface area (Å²) in [6, 6.07) is 15.5. The van der Waals surface area contributed by atoms with Crippen LogP contribution in [-0.2, 0) is 28.9 Å². The molecule has 7 nitrogen and oxygen atoms in total. The summed E-state index contributed by atoms with van der Waals surface area (Å²) in [6.45, 7) is 0.363. The number of alkyl halides is 6. The van der Waals surface area contributed by atoms with E-state index in [1.54, 1.807) is 0 Å². The Morgan fingerprint density at radius 1 is 0.833 bits per heavy atom. The Balaban J connectivity index is 1.49. The quantitative estimate of drug-likeness (QED) is 0.188. The van der Waals surface area contributed by atoms with Gasteiger partial charge in [0.1, 0.15) is 11.6 Å². The van der Waals surface area contributed by atoms with Crippen molar-refractivity contribution in [3.63, 3.8) is 0 Å². The minimum Gasteiger partial charge on any atom is -0.355 e. The lowest BCUT2D eigenvalue weighted by atomic mass is 10.1. The Bertz CT molecular complexity index is 1680. The van der Waals surface area contributed by atoms with E-state index in [4.69, 9.17) is 0 Å². The second-order valence-corrected chi connectivity index (χ2v) is 12.1. The third-order valence-corrected chi connectivity index (χ3v) is 8.77. The highest BCUT2D eigenvalue weighted by Gasteiger charge is 2.46. The third kappa shape index (κ3) is 6.31. The Kier molecular flexibility index (Phi) is 8.07. The number of sulfone groups is 1. The van der Waals surface area contributed by atoms with Crippen LogP contribution in [0.2, 0.25) is 0 Å². The average Bonchev–Trinajstić information content (AvgIpc) is 3.16. The zero-order valence-electron chi connectivity index (χ0n) is 21.4. The van der Waals surface area contributed by atoms with Crippen molar-refractivity contribution in [1.82, 2.24) is 15.0 Å². The van der Waals surface area contributed by atoms with E-state index in [-0.39, 0.29) is 37.4 Å².